The molecule has 0 aromatic heterocycles. The maximum Gasteiger partial charge on any atom is 0.243 e. The molecule has 0 aliphatic heterocycles. The van der Waals surface area contributed by atoms with Crippen LogP contribution < -0.4 is 16.0 Å². The number of carbonyl (C=O) groups is 2. The Hall–Kier alpha value is -3.34. The third-order valence-corrected chi connectivity index (χ3v) is 4.25. The van der Waals surface area contributed by atoms with Gasteiger partial charge in [0, 0.05) is 23.5 Å². The van der Waals surface area contributed by atoms with E-state index in [0.717, 1.165) is 22.1 Å². The summed E-state index contributed by atoms with van der Waals surface area (Å²) in [4.78, 5) is 24.0. The normalized spacial score (nSPS) is 10.7. The van der Waals surface area contributed by atoms with Crippen LogP contribution in [-0.2, 0) is 9.59 Å². The first-order chi connectivity index (χ1) is 13.5. The molecular formula is C23H25N3O2. The minimum absolute atomic E-state index is 0.00799. The van der Waals surface area contributed by atoms with Gasteiger partial charge in [0.15, 0.2) is 0 Å². The molecule has 0 spiro atoms. The summed E-state index contributed by atoms with van der Waals surface area (Å²) in [6, 6.07) is 21.2. The minimum Gasteiger partial charge on any atom is -0.376 e. The summed E-state index contributed by atoms with van der Waals surface area (Å²) >= 11 is 0. The van der Waals surface area contributed by atoms with Gasteiger partial charge in [0.2, 0.25) is 11.8 Å². The lowest BCUT2D eigenvalue weighted by Gasteiger charge is -2.10. The second-order valence-corrected chi connectivity index (χ2v) is 7.19. The monoisotopic (exact) mass is 375 g/mol. The van der Waals surface area contributed by atoms with Gasteiger partial charge in [-0.3, -0.25) is 9.59 Å². The summed E-state index contributed by atoms with van der Waals surface area (Å²) < 4.78 is 0. The van der Waals surface area contributed by atoms with Crippen LogP contribution in [0.4, 0.5) is 17.1 Å². The molecule has 0 atom stereocenters. The summed E-state index contributed by atoms with van der Waals surface area (Å²) in [7, 11) is 0. The third-order valence-electron chi connectivity index (χ3n) is 4.25. The molecule has 3 rings (SSSR count). The van der Waals surface area contributed by atoms with Gasteiger partial charge in [-0.1, -0.05) is 44.2 Å². The summed E-state index contributed by atoms with van der Waals surface area (Å²) in [5, 5.41) is 11.1. The lowest BCUT2D eigenvalue weighted by Crippen LogP contribution is -2.21. The van der Waals surface area contributed by atoms with E-state index in [4.69, 9.17) is 0 Å². The van der Waals surface area contributed by atoms with Crippen LogP contribution in [0, 0.1) is 5.92 Å². The maximum atomic E-state index is 12.2. The quantitative estimate of drug-likeness (QED) is 0.551. The van der Waals surface area contributed by atoms with Crippen molar-refractivity contribution in [2.24, 2.45) is 5.92 Å². The Bertz CT molecular complexity index is 965. The van der Waals surface area contributed by atoms with E-state index in [1.165, 1.54) is 0 Å². The van der Waals surface area contributed by atoms with Crippen LogP contribution in [0.2, 0.25) is 0 Å². The van der Waals surface area contributed by atoms with Crippen molar-refractivity contribution < 1.29 is 9.59 Å². The van der Waals surface area contributed by atoms with Crippen molar-refractivity contribution in [2.45, 2.75) is 20.3 Å². The first-order valence-corrected chi connectivity index (χ1v) is 9.42. The van der Waals surface area contributed by atoms with Crippen molar-refractivity contribution in [1.82, 2.24) is 0 Å². The van der Waals surface area contributed by atoms with E-state index >= 15 is 0 Å². The fourth-order valence-corrected chi connectivity index (χ4v) is 2.91. The molecule has 5 heteroatoms. The maximum absolute atomic E-state index is 12.2. The van der Waals surface area contributed by atoms with Gasteiger partial charge in [0.25, 0.3) is 0 Å². The molecule has 0 fully saturated rings. The van der Waals surface area contributed by atoms with Gasteiger partial charge >= 0.3 is 0 Å². The molecule has 5 nitrogen and oxygen atoms in total. The van der Waals surface area contributed by atoms with E-state index in [2.05, 4.69) is 22.0 Å². The highest BCUT2D eigenvalue weighted by Crippen LogP contribution is 2.19. The summed E-state index contributed by atoms with van der Waals surface area (Å²) in [5.41, 5.74) is 2.31. The zero-order valence-corrected chi connectivity index (χ0v) is 16.2. The van der Waals surface area contributed by atoms with Crippen molar-refractivity contribution in [3.63, 3.8) is 0 Å². The molecule has 0 bridgehead atoms. The number of amides is 2. The molecule has 144 valence electrons. The SMILES string of the molecule is CC(C)CC(=O)Nc1ccc(NC(=O)CNc2ccc3ccccc3c2)cc1. The standard InChI is InChI=1S/C23H25N3O2/c1-16(2)13-22(27)25-19-9-11-20(12-10-19)26-23(28)15-24-21-8-7-17-5-3-4-6-18(17)14-21/h3-12,14,16,24H,13,15H2,1-2H3,(H,25,27)(H,26,28). The zero-order valence-electron chi connectivity index (χ0n) is 16.2. The molecule has 0 heterocycles. The van der Waals surface area contributed by atoms with Gasteiger partial charge in [0.05, 0.1) is 6.54 Å². The number of hydrogen-bond donors (Lipinski definition) is 3. The van der Waals surface area contributed by atoms with Gasteiger partial charge in [-0.15, -0.1) is 0 Å². The average Bonchev–Trinajstić information content (AvgIpc) is 2.67. The number of hydrogen-bond acceptors (Lipinski definition) is 3. The number of benzene rings is 3. The molecule has 3 aromatic rings. The molecular weight excluding hydrogens is 350 g/mol. The van der Waals surface area contributed by atoms with E-state index in [-0.39, 0.29) is 18.4 Å². The van der Waals surface area contributed by atoms with Crippen LogP contribution in [0.25, 0.3) is 10.8 Å². The molecule has 0 saturated carbocycles. The molecule has 2 amide bonds. The Kier molecular flexibility index (Phi) is 6.27. The highest BCUT2D eigenvalue weighted by molar-refractivity contribution is 5.95. The zero-order chi connectivity index (χ0) is 19.9. The Morgan fingerprint density at radius 1 is 0.750 bits per heavy atom. The topological polar surface area (TPSA) is 70.2 Å². The van der Waals surface area contributed by atoms with Crippen LogP contribution in [0.15, 0.2) is 66.7 Å². The first-order valence-electron chi connectivity index (χ1n) is 9.42. The second kappa shape index (κ2) is 9.04. The predicted octanol–water partition coefficient (Wildman–Crippen LogP) is 4.88. The van der Waals surface area contributed by atoms with Crippen molar-refractivity contribution in [3.8, 4) is 0 Å². The molecule has 3 N–H and O–H groups in total. The number of anilines is 3. The summed E-state index contributed by atoms with van der Waals surface area (Å²) in [6.45, 7) is 4.18. The minimum atomic E-state index is -0.134. The highest BCUT2D eigenvalue weighted by Gasteiger charge is 2.06. The van der Waals surface area contributed by atoms with Gasteiger partial charge in [-0.2, -0.15) is 0 Å². The van der Waals surface area contributed by atoms with Gasteiger partial charge in [0.1, 0.15) is 0 Å². The van der Waals surface area contributed by atoms with E-state index in [1.807, 2.05) is 50.2 Å². The lowest BCUT2D eigenvalue weighted by molar-refractivity contribution is -0.117. The van der Waals surface area contributed by atoms with E-state index in [1.54, 1.807) is 24.3 Å². The fraction of sp³-hybridized carbons (Fsp3) is 0.217. The van der Waals surface area contributed by atoms with Crippen LogP contribution in [0.3, 0.4) is 0 Å². The van der Waals surface area contributed by atoms with Crippen molar-refractivity contribution in [2.75, 3.05) is 22.5 Å². The number of nitrogens with one attached hydrogen (secondary N) is 3. The number of rotatable bonds is 7. The first kappa shape index (κ1) is 19.4. The Morgan fingerprint density at radius 3 is 1.96 bits per heavy atom. The summed E-state index contributed by atoms with van der Waals surface area (Å²) in [5.74, 6) is 0.171. The summed E-state index contributed by atoms with van der Waals surface area (Å²) in [6.07, 6.45) is 0.485. The fourth-order valence-electron chi connectivity index (χ4n) is 2.91. The van der Waals surface area contributed by atoms with Crippen molar-refractivity contribution >= 4 is 39.6 Å². The van der Waals surface area contributed by atoms with Crippen molar-refractivity contribution in [3.05, 3.63) is 66.7 Å². The molecule has 0 aliphatic rings. The second-order valence-electron chi connectivity index (χ2n) is 7.19. The Balaban J connectivity index is 1.50. The molecule has 0 aliphatic carbocycles. The highest BCUT2D eigenvalue weighted by atomic mass is 16.2. The van der Waals surface area contributed by atoms with Gasteiger partial charge in [-0.25, -0.2) is 0 Å². The predicted molar refractivity (Wildman–Crippen MR) is 116 cm³/mol. The smallest absolute Gasteiger partial charge is 0.243 e. The number of carbonyl (C=O) groups excluding carboxylic acids is 2. The van der Waals surface area contributed by atoms with Gasteiger partial charge < -0.3 is 16.0 Å². The average molecular weight is 375 g/mol. The van der Waals surface area contributed by atoms with E-state index in [9.17, 15) is 9.59 Å². The molecule has 28 heavy (non-hydrogen) atoms. The van der Waals surface area contributed by atoms with E-state index in [0.29, 0.717) is 18.0 Å². The Morgan fingerprint density at radius 2 is 1.32 bits per heavy atom. The van der Waals surface area contributed by atoms with E-state index < -0.39 is 0 Å². The van der Waals surface area contributed by atoms with Gasteiger partial charge in [-0.05, 0) is 53.1 Å². The largest absolute Gasteiger partial charge is 0.376 e. The Labute approximate surface area is 165 Å². The van der Waals surface area contributed by atoms with Crippen LogP contribution >= 0.6 is 0 Å². The molecule has 0 unspecified atom stereocenters. The lowest BCUT2D eigenvalue weighted by atomic mass is 10.1. The molecule has 3 aromatic carbocycles. The van der Waals surface area contributed by atoms with Crippen LogP contribution in [0.1, 0.15) is 20.3 Å². The molecule has 0 radical (unpaired) electrons. The number of fused-ring (bicyclic) bond motifs is 1. The molecule has 0 saturated heterocycles. The van der Waals surface area contributed by atoms with Crippen LogP contribution in [-0.4, -0.2) is 18.4 Å². The third kappa shape index (κ3) is 5.58. The van der Waals surface area contributed by atoms with Crippen LogP contribution in [0.5, 0.6) is 0 Å². The van der Waals surface area contributed by atoms with Crippen molar-refractivity contribution in [1.29, 1.82) is 0 Å².